The Kier molecular flexibility index (Phi) is 8.11. The van der Waals surface area contributed by atoms with Crippen LogP contribution in [0.2, 0.25) is 0 Å². The standard InChI is InChI=1S/C18H20BrNO8S2/c19-17-7-3-13(4-8-17)15(11-29(23,24)25)1-2-16(12-30(26,27)28)14-5-9-18(10-6-14)20(21)22/h3-10,15-16H,1-2,11-12H2,(H,23,24,25)(H,26,27,28)/t15-,16-/m1/s1. The van der Waals surface area contributed by atoms with Crippen molar-refractivity contribution in [1.29, 1.82) is 0 Å². The molecule has 2 atom stereocenters. The van der Waals surface area contributed by atoms with Crippen molar-refractivity contribution in [3.05, 3.63) is 74.2 Å². The minimum atomic E-state index is -4.36. The summed E-state index contributed by atoms with van der Waals surface area (Å²) in [6.07, 6.45) is 0.354. The maximum Gasteiger partial charge on any atom is 0.269 e. The predicted octanol–water partition coefficient (Wildman–Crippen LogP) is 3.78. The molecule has 0 amide bonds. The van der Waals surface area contributed by atoms with E-state index in [-0.39, 0.29) is 18.5 Å². The van der Waals surface area contributed by atoms with E-state index < -0.39 is 48.5 Å². The highest BCUT2D eigenvalue weighted by Gasteiger charge is 2.24. The highest BCUT2D eigenvalue weighted by atomic mass is 79.9. The van der Waals surface area contributed by atoms with E-state index in [1.807, 2.05) is 0 Å². The average molecular weight is 522 g/mol. The zero-order valence-corrected chi connectivity index (χ0v) is 18.8. The molecule has 0 bridgehead atoms. The van der Waals surface area contributed by atoms with Gasteiger partial charge < -0.3 is 0 Å². The van der Waals surface area contributed by atoms with Crippen LogP contribution in [0, 0.1) is 10.1 Å². The largest absolute Gasteiger partial charge is 0.286 e. The Balaban J connectivity index is 2.29. The number of halogens is 1. The van der Waals surface area contributed by atoms with Crippen LogP contribution in [-0.2, 0) is 20.2 Å². The molecule has 0 aliphatic heterocycles. The maximum atomic E-state index is 11.5. The van der Waals surface area contributed by atoms with Gasteiger partial charge in [-0.05, 0) is 36.1 Å². The fraction of sp³-hybridized carbons (Fsp3) is 0.333. The Labute approximate surface area is 182 Å². The van der Waals surface area contributed by atoms with Crippen LogP contribution in [-0.4, -0.2) is 42.4 Å². The molecule has 0 saturated heterocycles. The van der Waals surface area contributed by atoms with Crippen LogP contribution in [0.3, 0.4) is 0 Å². The molecule has 0 aromatic heterocycles. The first-order chi connectivity index (χ1) is 13.8. The Morgan fingerprint density at radius 3 is 1.50 bits per heavy atom. The molecule has 12 heteroatoms. The second-order valence-electron chi connectivity index (χ2n) is 6.87. The quantitative estimate of drug-likeness (QED) is 0.272. The molecule has 9 nitrogen and oxygen atoms in total. The van der Waals surface area contributed by atoms with Crippen molar-refractivity contribution in [1.82, 2.24) is 0 Å². The minimum absolute atomic E-state index is 0.161. The van der Waals surface area contributed by atoms with E-state index >= 15 is 0 Å². The smallest absolute Gasteiger partial charge is 0.269 e. The summed E-state index contributed by atoms with van der Waals surface area (Å²) >= 11 is 3.29. The van der Waals surface area contributed by atoms with Crippen molar-refractivity contribution in [2.24, 2.45) is 0 Å². The van der Waals surface area contributed by atoms with Gasteiger partial charge in [0, 0.05) is 28.4 Å². The zero-order chi connectivity index (χ0) is 22.5. The Hall–Kier alpha value is -1.86. The molecule has 2 aromatic carbocycles. The normalized spacial score (nSPS) is 14.2. The van der Waals surface area contributed by atoms with Crippen LogP contribution >= 0.6 is 15.9 Å². The molecule has 0 aliphatic carbocycles. The van der Waals surface area contributed by atoms with Gasteiger partial charge in [-0.1, -0.05) is 40.2 Å². The van der Waals surface area contributed by atoms with Crippen LogP contribution in [0.15, 0.2) is 53.0 Å². The zero-order valence-electron chi connectivity index (χ0n) is 15.6. The monoisotopic (exact) mass is 521 g/mol. The molecule has 0 unspecified atom stereocenters. The first-order valence-corrected chi connectivity index (χ1v) is 12.8. The van der Waals surface area contributed by atoms with Crippen molar-refractivity contribution < 1.29 is 30.9 Å². The topological polar surface area (TPSA) is 152 Å². The van der Waals surface area contributed by atoms with E-state index in [9.17, 15) is 36.1 Å². The molecule has 0 spiro atoms. The van der Waals surface area contributed by atoms with Gasteiger partial charge in [-0.3, -0.25) is 19.2 Å². The predicted molar refractivity (Wildman–Crippen MR) is 115 cm³/mol. The summed E-state index contributed by atoms with van der Waals surface area (Å²) in [6, 6.07) is 12.1. The molecule has 0 radical (unpaired) electrons. The number of hydrogen-bond donors (Lipinski definition) is 2. The van der Waals surface area contributed by atoms with Crippen molar-refractivity contribution in [3.63, 3.8) is 0 Å². The highest BCUT2D eigenvalue weighted by Crippen LogP contribution is 2.31. The lowest BCUT2D eigenvalue weighted by Crippen LogP contribution is -2.18. The van der Waals surface area contributed by atoms with Crippen LogP contribution in [0.4, 0.5) is 5.69 Å². The third-order valence-electron chi connectivity index (χ3n) is 4.60. The van der Waals surface area contributed by atoms with Crippen molar-refractivity contribution in [3.8, 4) is 0 Å². The molecule has 30 heavy (non-hydrogen) atoms. The number of benzene rings is 2. The molecule has 0 fully saturated rings. The molecule has 0 heterocycles. The number of nitro groups is 1. The highest BCUT2D eigenvalue weighted by molar-refractivity contribution is 9.10. The van der Waals surface area contributed by atoms with Gasteiger partial charge in [0.15, 0.2) is 0 Å². The summed E-state index contributed by atoms with van der Waals surface area (Å²) in [6.45, 7) is 0. The fourth-order valence-electron chi connectivity index (χ4n) is 3.21. The summed E-state index contributed by atoms with van der Waals surface area (Å²) in [5, 5.41) is 10.8. The van der Waals surface area contributed by atoms with E-state index in [0.717, 1.165) is 4.47 Å². The third-order valence-corrected chi connectivity index (χ3v) is 6.78. The van der Waals surface area contributed by atoms with Crippen molar-refractivity contribution in [2.45, 2.75) is 24.7 Å². The first kappa shape index (κ1) is 24.4. The van der Waals surface area contributed by atoms with E-state index in [1.165, 1.54) is 24.3 Å². The minimum Gasteiger partial charge on any atom is -0.286 e. The molecule has 0 saturated carbocycles. The van der Waals surface area contributed by atoms with E-state index in [0.29, 0.717) is 11.1 Å². The van der Waals surface area contributed by atoms with E-state index in [4.69, 9.17) is 0 Å². The Morgan fingerprint density at radius 2 is 1.17 bits per heavy atom. The molecule has 2 rings (SSSR count). The van der Waals surface area contributed by atoms with Gasteiger partial charge in [-0.15, -0.1) is 0 Å². The van der Waals surface area contributed by atoms with Gasteiger partial charge in [0.25, 0.3) is 25.9 Å². The van der Waals surface area contributed by atoms with Crippen LogP contribution in [0.1, 0.15) is 35.8 Å². The molecular formula is C18H20BrNO8S2. The number of nitrogens with zero attached hydrogens (tertiary/aromatic N) is 1. The van der Waals surface area contributed by atoms with E-state index in [1.54, 1.807) is 24.3 Å². The molecule has 0 aliphatic rings. The summed E-state index contributed by atoms with van der Waals surface area (Å²) in [7, 11) is -8.66. The average Bonchev–Trinajstić information content (AvgIpc) is 2.63. The first-order valence-electron chi connectivity index (χ1n) is 8.74. The van der Waals surface area contributed by atoms with Crippen LogP contribution in [0.5, 0.6) is 0 Å². The number of non-ortho nitro benzene ring substituents is 1. The molecule has 2 N–H and O–H groups in total. The van der Waals surface area contributed by atoms with Crippen molar-refractivity contribution >= 4 is 41.9 Å². The lowest BCUT2D eigenvalue weighted by molar-refractivity contribution is -0.384. The van der Waals surface area contributed by atoms with Gasteiger partial charge >= 0.3 is 0 Å². The second-order valence-corrected chi connectivity index (χ2v) is 10.8. The molecule has 164 valence electrons. The lowest BCUT2D eigenvalue weighted by atomic mass is 9.89. The summed E-state index contributed by atoms with van der Waals surface area (Å²) in [4.78, 5) is 10.2. The maximum absolute atomic E-state index is 11.5. The lowest BCUT2D eigenvalue weighted by Gasteiger charge is -2.21. The van der Waals surface area contributed by atoms with Gasteiger partial charge in [0.05, 0.1) is 16.4 Å². The molecule has 2 aromatic rings. The Bertz CT molecular complexity index is 1080. The van der Waals surface area contributed by atoms with Gasteiger partial charge in [-0.2, -0.15) is 16.8 Å². The van der Waals surface area contributed by atoms with Gasteiger partial charge in [0.1, 0.15) is 0 Å². The van der Waals surface area contributed by atoms with E-state index in [2.05, 4.69) is 15.9 Å². The second kappa shape index (κ2) is 9.96. The summed E-state index contributed by atoms with van der Waals surface area (Å²) in [5.74, 6) is -2.51. The van der Waals surface area contributed by atoms with Gasteiger partial charge in [0.2, 0.25) is 0 Å². The summed E-state index contributed by atoms with van der Waals surface area (Å²) in [5.41, 5.74) is 0.938. The van der Waals surface area contributed by atoms with Crippen LogP contribution < -0.4 is 0 Å². The SMILES string of the molecule is O=[N+]([O-])c1ccc([C@H](CC[C@H](CS(=O)(=O)O)c2ccc(Br)cc2)CS(=O)(=O)O)cc1. The number of rotatable bonds is 10. The fourth-order valence-corrected chi connectivity index (χ4v) is 5.21. The number of nitro benzene ring substituents is 1. The third kappa shape index (κ3) is 8.11. The Morgan fingerprint density at radius 1 is 0.800 bits per heavy atom. The summed E-state index contributed by atoms with van der Waals surface area (Å²) < 4.78 is 65.3. The van der Waals surface area contributed by atoms with Crippen molar-refractivity contribution in [2.75, 3.05) is 11.5 Å². The molecular weight excluding hydrogens is 502 g/mol. The van der Waals surface area contributed by atoms with Gasteiger partial charge in [-0.25, -0.2) is 0 Å². The number of hydrogen-bond acceptors (Lipinski definition) is 6. The van der Waals surface area contributed by atoms with Crippen LogP contribution in [0.25, 0.3) is 0 Å².